The first kappa shape index (κ1) is 19.8. The molecule has 2 rings (SSSR count). The van der Waals surface area contributed by atoms with Gasteiger partial charge in [0, 0.05) is 18.7 Å². The molecule has 2 atom stereocenters. The molecule has 0 aromatic heterocycles. The molecule has 25 heavy (non-hydrogen) atoms. The van der Waals surface area contributed by atoms with Crippen molar-refractivity contribution in [2.45, 2.75) is 57.4 Å². The van der Waals surface area contributed by atoms with Crippen molar-refractivity contribution in [2.24, 2.45) is 0 Å². The van der Waals surface area contributed by atoms with E-state index in [1.165, 1.54) is 23.9 Å². The highest BCUT2D eigenvalue weighted by atomic mass is 32.2. The SMILES string of the molecule is CCCCCNC(=O)[C@H]1CS[C@H](c2cccc(F)c2)N1C(=O)CCC. The maximum absolute atomic E-state index is 13.6. The smallest absolute Gasteiger partial charge is 0.243 e. The largest absolute Gasteiger partial charge is 0.354 e. The molecule has 0 unspecified atom stereocenters. The van der Waals surface area contributed by atoms with Gasteiger partial charge in [0.2, 0.25) is 11.8 Å². The van der Waals surface area contributed by atoms with E-state index >= 15 is 0 Å². The first-order chi connectivity index (χ1) is 12.1. The monoisotopic (exact) mass is 366 g/mol. The Labute approximate surface area is 153 Å². The molecule has 1 aliphatic rings. The van der Waals surface area contributed by atoms with Gasteiger partial charge in [-0.15, -0.1) is 11.8 Å². The number of nitrogens with zero attached hydrogens (tertiary/aromatic N) is 1. The third-order valence-electron chi connectivity index (χ3n) is 4.27. The van der Waals surface area contributed by atoms with E-state index in [0.717, 1.165) is 31.2 Å². The molecule has 4 nitrogen and oxygen atoms in total. The van der Waals surface area contributed by atoms with Crippen molar-refractivity contribution in [2.75, 3.05) is 12.3 Å². The molecular weight excluding hydrogens is 339 g/mol. The number of nitrogens with one attached hydrogen (secondary N) is 1. The normalized spacial score (nSPS) is 19.9. The minimum Gasteiger partial charge on any atom is -0.354 e. The second kappa shape index (κ2) is 9.80. The maximum atomic E-state index is 13.6. The summed E-state index contributed by atoms with van der Waals surface area (Å²) in [6.07, 6.45) is 4.23. The van der Waals surface area contributed by atoms with Crippen molar-refractivity contribution >= 4 is 23.6 Å². The third-order valence-corrected chi connectivity index (χ3v) is 5.59. The van der Waals surface area contributed by atoms with Crippen LogP contribution in [-0.2, 0) is 9.59 Å². The highest BCUT2D eigenvalue weighted by Gasteiger charge is 2.41. The third kappa shape index (κ3) is 5.21. The predicted octanol–water partition coefficient (Wildman–Crippen LogP) is 3.87. The lowest BCUT2D eigenvalue weighted by Crippen LogP contribution is -2.48. The number of hydrogen-bond acceptors (Lipinski definition) is 3. The molecule has 0 spiro atoms. The van der Waals surface area contributed by atoms with Crippen LogP contribution in [0.25, 0.3) is 0 Å². The highest BCUT2D eigenvalue weighted by Crippen LogP contribution is 2.42. The molecule has 1 aliphatic heterocycles. The van der Waals surface area contributed by atoms with Gasteiger partial charge >= 0.3 is 0 Å². The number of amides is 2. The summed E-state index contributed by atoms with van der Waals surface area (Å²) in [4.78, 5) is 26.9. The zero-order valence-electron chi connectivity index (χ0n) is 15.0. The molecule has 1 heterocycles. The van der Waals surface area contributed by atoms with Crippen molar-refractivity contribution in [1.82, 2.24) is 10.2 Å². The van der Waals surface area contributed by atoms with Gasteiger partial charge in [-0.05, 0) is 30.5 Å². The molecule has 6 heteroatoms. The average Bonchev–Trinajstić information content (AvgIpc) is 3.04. The first-order valence-corrected chi connectivity index (χ1v) is 10.1. The van der Waals surface area contributed by atoms with Gasteiger partial charge in [-0.3, -0.25) is 9.59 Å². The quantitative estimate of drug-likeness (QED) is 0.711. The second-order valence-electron chi connectivity index (χ2n) is 6.31. The fraction of sp³-hybridized carbons (Fsp3) is 0.579. The number of carbonyl (C=O) groups is 2. The molecule has 0 radical (unpaired) electrons. The van der Waals surface area contributed by atoms with Crippen molar-refractivity contribution in [3.05, 3.63) is 35.6 Å². The Bertz CT molecular complexity index is 597. The van der Waals surface area contributed by atoms with E-state index in [9.17, 15) is 14.0 Å². The van der Waals surface area contributed by atoms with Gasteiger partial charge in [0.15, 0.2) is 0 Å². The van der Waals surface area contributed by atoms with Crippen LogP contribution in [0.4, 0.5) is 4.39 Å². The van der Waals surface area contributed by atoms with Crippen LogP contribution in [0.2, 0.25) is 0 Å². The topological polar surface area (TPSA) is 49.4 Å². The van der Waals surface area contributed by atoms with Crippen molar-refractivity contribution < 1.29 is 14.0 Å². The standard InChI is InChI=1S/C19H27FN2O2S/c1-3-5-6-11-21-18(24)16-13-25-19(22(16)17(23)8-4-2)14-9-7-10-15(20)12-14/h7,9-10,12,16,19H,3-6,8,11,13H2,1-2H3,(H,21,24)/t16-,19-/m1/s1. The van der Waals surface area contributed by atoms with Crippen LogP contribution in [0.15, 0.2) is 24.3 Å². The van der Waals surface area contributed by atoms with E-state index in [1.54, 1.807) is 11.0 Å². The predicted molar refractivity (Wildman–Crippen MR) is 99.7 cm³/mol. The Hall–Kier alpha value is -1.56. The summed E-state index contributed by atoms with van der Waals surface area (Å²) in [5.41, 5.74) is 0.732. The summed E-state index contributed by atoms with van der Waals surface area (Å²) < 4.78 is 13.6. The fourth-order valence-corrected chi connectivity index (χ4v) is 4.42. The van der Waals surface area contributed by atoms with Crippen LogP contribution in [0.1, 0.15) is 56.9 Å². The van der Waals surface area contributed by atoms with Gasteiger partial charge in [0.1, 0.15) is 17.2 Å². The van der Waals surface area contributed by atoms with Crippen molar-refractivity contribution in [3.63, 3.8) is 0 Å². The molecule has 1 fully saturated rings. The van der Waals surface area contributed by atoms with Gasteiger partial charge < -0.3 is 10.2 Å². The lowest BCUT2D eigenvalue weighted by Gasteiger charge is -2.29. The van der Waals surface area contributed by atoms with Gasteiger partial charge in [-0.2, -0.15) is 0 Å². The number of carbonyl (C=O) groups excluding carboxylic acids is 2. The van der Waals surface area contributed by atoms with Gasteiger partial charge in [-0.25, -0.2) is 4.39 Å². The van der Waals surface area contributed by atoms with Crippen LogP contribution >= 0.6 is 11.8 Å². The minimum absolute atomic E-state index is 0.0459. The average molecular weight is 367 g/mol. The van der Waals surface area contributed by atoms with Gasteiger partial charge in [0.05, 0.1) is 0 Å². The summed E-state index contributed by atoms with van der Waals surface area (Å²) in [6.45, 7) is 4.69. The van der Waals surface area contributed by atoms with Crippen LogP contribution in [0.3, 0.4) is 0 Å². The molecule has 2 amide bonds. The molecule has 1 N–H and O–H groups in total. The van der Waals surface area contributed by atoms with Crippen LogP contribution in [0.5, 0.6) is 0 Å². The zero-order chi connectivity index (χ0) is 18.2. The number of hydrogen-bond donors (Lipinski definition) is 1. The van der Waals surface area contributed by atoms with E-state index < -0.39 is 6.04 Å². The molecule has 0 aliphatic carbocycles. The number of unbranched alkanes of at least 4 members (excludes halogenated alkanes) is 2. The molecule has 0 saturated carbocycles. The van der Waals surface area contributed by atoms with E-state index in [-0.39, 0.29) is 23.0 Å². The Kier molecular flexibility index (Phi) is 7.75. The molecule has 1 saturated heterocycles. The fourth-order valence-electron chi connectivity index (χ4n) is 2.98. The van der Waals surface area contributed by atoms with Crippen molar-refractivity contribution in [1.29, 1.82) is 0 Å². The summed E-state index contributed by atoms with van der Waals surface area (Å²) >= 11 is 1.52. The minimum atomic E-state index is -0.487. The molecule has 138 valence electrons. The Balaban J connectivity index is 2.13. The van der Waals surface area contributed by atoms with E-state index in [0.29, 0.717) is 18.7 Å². The van der Waals surface area contributed by atoms with Gasteiger partial charge in [0.25, 0.3) is 0 Å². The zero-order valence-corrected chi connectivity index (χ0v) is 15.8. The second-order valence-corrected chi connectivity index (χ2v) is 7.42. The Morgan fingerprint density at radius 3 is 2.76 bits per heavy atom. The maximum Gasteiger partial charge on any atom is 0.243 e. The summed E-state index contributed by atoms with van der Waals surface area (Å²) in [5.74, 6) is 0.0619. The van der Waals surface area contributed by atoms with Crippen LogP contribution in [-0.4, -0.2) is 35.1 Å². The first-order valence-electron chi connectivity index (χ1n) is 9.04. The van der Waals surface area contributed by atoms with Crippen LogP contribution in [0, 0.1) is 5.82 Å². The van der Waals surface area contributed by atoms with Crippen LogP contribution < -0.4 is 5.32 Å². The lowest BCUT2D eigenvalue weighted by molar-refractivity contribution is -0.139. The summed E-state index contributed by atoms with van der Waals surface area (Å²) in [6, 6.07) is 5.81. The molecule has 1 aromatic carbocycles. The highest BCUT2D eigenvalue weighted by molar-refractivity contribution is 7.99. The van der Waals surface area contributed by atoms with E-state index in [1.807, 2.05) is 13.0 Å². The number of halogens is 1. The number of benzene rings is 1. The number of thioether (sulfide) groups is 1. The summed E-state index contributed by atoms with van der Waals surface area (Å²) in [5, 5.41) is 2.65. The lowest BCUT2D eigenvalue weighted by atomic mass is 10.1. The van der Waals surface area contributed by atoms with Gasteiger partial charge in [-0.1, -0.05) is 38.8 Å². The Morgan fingerprint density at radius 2 is 2.08 bits per heavy atom. The van der Waals surface area contributed by atoms with E-state index in [2.05, 4.69) is 12.2 Å². The number of rotatable bonds is 8. The molecular formula is C19H27FN2O2S. The van der Waals surface area contributed by atoms with Crippen molar-refractivity contribution in [3.8, 4) is 0 Å². The molecule has 1 aromatic rings. The Morgan fingerprint density at radius 1 is 1.28 bits per heavy atom. The summed E-state index contributed by atoms with van der Waals surface area (Å²) in [7, 11) is 0. The molecule has 0 bridgehead atoms. The van der Waals surface area contributed by atoms with E-state index in [4.69, 9.17) is 0 Å².